The highest BCUT2D eigenvalue weighted by Gasteiger charge is 2.54. The molecule has 3 aliphatic carbocycles. The third kappa shape index (κ3) is 2.85. The van der Waals surface area contributed by atoms with E-state index in [1.807, 2.05) is 18.1 Å². The first-order chi connectivity index (χ1) is 12.7. The summed E-state index contributed by atoms with van der Waals surface area (Å²) in [7, 11) is 2.18. The molecule has 0 atom stereocenters. The number of nitrogens with zero attached hydrogens (tertiary/aromatic N) is 3. The summed E-state index contributed by atoms with van der Waals surface area (Å²) in [6, 6.07) is 3.34. The normalized spacial score (nSPS) is 30.1. The lowest BCUT2D eigenvalue weighted by Gasteiger charge is -2.59. The quantitative estimate of drug-likeness (QED) is 0.777. The fourth-order valence-corrected chi connectivity index (χ4v) is 5.58. The SMILES string of the molecule is CN(c1ncnc2[nH]ccc12)C1CC2(CC(NSC3=CCCC=C3)C2)C1. The van der Waals surface area contributed by atoms with E-state index < -0.39 is 0 Å². The molecule has 0 aliphatic heterocycles. The highest BCUT2D eigenvalue weighted by Crippen LogP contribution is 2.58. The predicted molar refractivity (Wildman–Crippen MR) is 108 cm³/mol. The second-order valence-electron chi connectivity index (χ2n) is 8.02. The van der Waals surface area contributed by atoms with Crippen molar-refractivity contribution in [1.82, 2.24) is 19.7 Å². The highest BCUT2D eigenvalue weighted by molar-refractivity contribution is 8.01. The Morgan fingerprint density at radius 3 is 2.92 bits per heavy atom. The minimum Gasteiger partial charge on any atom is -0.356 e. The summed E-state index contributed by atoms with van der Waals surface area (Å²) in [6.45, 7) is 0. The average Bonchev–Trinajstić information content (AvgIpc) is 3.08. The van der Waals surface area contributed by atoms with Crippen molar-refractivity contribution in [3.63, 3.8) is 0 Å². The van der Waals surface area contributed by atoms with Gasteiger partial charge in [0.05, 0.1) is 5.39 Å². The largest absolute Gasteiger partial charge is 0.356 e. The van der Waals surface area contributed by atoms with E-state index in [1.165, 1.54) is 43.4 Å². The first-order valence-electron chi connectivity index (χ1n) is 9.52. The highest BCUT2D eigenvalue weighted by atomic mass is 32.2. The number of aromatic amines is 1. The molecule has 0 saturated heterocycles. The Hall–Kier alpha value is -1.79. The summed E-state index contributed by atoms with van der Waals surface area (Å²) in [5, 5.41) is 1.12. The lowest BCUT2D eigenvalue weighted by molar-refractivity contribution is -0.0112. The molecule has 0 amide bonds. The van der Waals surface area contributed by atoms with E-state index in [0.717, 1.165) is 16.9 Å². The van der Waals surface area contributed by atoms with E-state index in [0.29, 0.717) is 17.5 Å². The Kier molecular flexibility index (Phi) is 4.05. The van der Waals surface area contributed by atoms with Gasteiger partial charge < -0.3 is 9.88 Å². The lowest BCUT2D eigenvalue weighted by atomic mass is 9.52. The summed E-state index contributed by atoms with van der Waals surface area (Å²) in [4.78, 5) is 15.7. The summed E-state index contributed by atoms with van der Waals surface area (Å²) in [6.07, 6.45) is 18.0. The monoisotopic (exact) mass is 367 g/mol. The Labute approximate surface area is 158 Å². The third-order valence-electron chi connectivity index (χ3n) is 6.22. The number of H-pyrrole nitrogens is 1. The summed E-state index contributed by atoms with van der Waals surface area (Å²) >= 11 is 1.82. The molecule has 0 bridgehead atoms. The topological polar surface area (TPSA) is 56.8 Å². The fourth-order valence-electron chi connectivity index (χ4n) is 4.75. The maximum atomic E-state index is 4.54. The van der Waals surface area contributed by atoms with Crippen molar-refractivity contribution in [3.8, 4) is 0 Å². The zero-order valence-electron chi connectivity index (χ0n) is 15.1. The smallest absolute Gasteiger partial charge is 0.142 e. The standard InChI is InChI=1S/C20H25N5S/c1-25(19-17-7-8-21-18(17)22-13-23-19)15-11-20(12-15)9-14(10-20)24-26-16-5-3-2-4-6-16/h3,5-8,13-15,24H,2,4,9-12H2,1H3,(H,21,22,23). The zero-order chi connectivity index (χ0) is 17.6. The van der Waals surface area contributed by atoms with Crippen LogP contribution in [0.25, 0.3) is 11.0 Å². The van der Waals surface area contributed by atoms with Crippen LogP contribution >= 0.6 is 11.9 Å². The van der Waals surface area contributed by atoms with Crippen LogP contribution in [0.1, 0.15) is 38.5 Å². The van der Waals surface area contributed by atoms with Crippen molar-refractivity contribution >= 4 is 28.8 Å². The van der Waals surface area contributed by atoms with Gasteiger partial charge in [0.25, 0.3) is 0 Å². The van der Waals surface area contributed by atoms with Crippen LogP contribution in [-0.4, -0.2) is 34.1 Å². The van der Waals surface area contributed by atoms with Gasteiger partial charge in [0.15, 0.2) is 0 Å². The van der Waals surface area contributed by atoms with Crippen molar-refractivity contribution in [1.29, 1.82) is 0 Å². The Morgan fingerprint density at radius 1 is 1.23 bits per heavy atom. The molecule has 5 nitrogen and oxygen atoms in total. The van der Waals surface area contributed by atoms with Gasteiger partial charge in [-0.3, -0.25) is 4.72 Å². The van der Waals surface area contributed by atoms with Crippen LogP contribution < -0.4 is 9.62 Å². The Morgan fingerprint density at radius 2 is 2.12 bits per heavy atom. The van der Waals surface area contributed by atoms with E-state index in [9.17, 15) is 0 Å². The van der Waals surface area contributed by atoms with E-state index in [2.05, 4.69) is 55.9 Å². The molecule has 2 N–H and O–H groups in total. The molecule has 2 fully saturated rings. The first-order valence-corrected chi connectivity index (χ1v) is 10.3. The Bertz CT molecular complexity index is 856. The molecule has 6 heteroatoms. The maximum absolute atomic E-state index is 4.54. The van der Waals surface area contributed by atoms with Crippen molar-refractivity contribution < 1.29 is 0 Å². The van der Waals surface area contributed by atoms with Gasteiger partial charge in [-0.1, -0.05) is 18.2 Å². The molecule has 5 rings (SSSR count). The number of hydrogen-bond acceptors (Lipinski definition) is 5. The van der Waals surface area contributed by atoms with E-state index in [-0.39, 0.29) is 0 Å². The van der Waals surface area contributed by atoms with Gasteiger partial charge in [0.2, 0.25) is 0 Å². The number of hydrogen-bond donors (Lipinski definition) is 2. The van der Waals surface area contributed by atoms with Gasteiger partial charge in [-0.05, 0) is 62.0 Å². The van der Waals surface area contributed by atoms with Gasteiger partial charge in [0, 0.05) is 30.2 Å². The summed E-state index contributed by atoms with van der Waals surface area (Å²) < 4.78 is 3.67. The molecular formula is C20H25N5S. The second-order valence-corrected chi connectivity index (χ2v) is 8.93. The van der Waals surface area contributed by atoms with E-state index in [1.54, 1.807) is 6.33 Å². The van der Waals surface area contributed by atoms with E-state index >= 15 is 0 Å². The number of anilines is 1. The minimum absolute atomic E-state index is 0.568. The van der Waals surface area contributed by atoms with Gasteiger partial charge >= 0.3 is 0 Å². The molecule has 26 heavy (non-hydrogen) atoms. The van der Waals surface area contributed by atoms with Crippen LogP contribution in [0.2, 0.25) is 0 Å². The van der Waals surface area contributed by atoms with Crippen LogP contribution in [0.5, 0.6) is 0 Å². The zero-order valence-corrected chi connectivity index (χ0v) is 15.9. The molecule has 0 aromatic carbocycles. The van der Waals surface area contributed by atoms with Gasteiger partial charge in [-0.25, -0.2) is 9.97 Å². The van der Waals surface area contributed by atoms with Gasteiger partial charge in [0.1, 0.15) is 17.8 Å². The van der Waals surface area contributed by atoms with Crippen LogP contribution in [0.3, 0.4) is 0 Å². The third-order valence-corrected chi connectivity index (χ3v) is 7.20. The number of nitrogens with one attached hydrogen (secondary N) is 2. The first kappa shape index (κ1) is 16.4. The lowest BCUT2D eigenvalue weighted by Crippen LogP contribution is -2.59. The Balaban J connectivity index is 1.14. The molecule has 2 saturated carbocycles. The summed E-state index contributed by atoms with van der Waals surface area (Å²) in [5.74, 6) is 1.05. The number of fused-ring (bicyclic) bond motifs is 1. The molecule has 0 radical (unpaired) electrons. The van der Waals surface area contributed by atoms with Gasteiger partial charge in [-0.15, -0.1) is 0 Å². The van der Waals surface area contributed by atoms with Crippen LogP contribution in [-0.2, 0) is 0 Å². The van der Waals surface area contributed by atoms with E-state index in [4.69, 9.17) is 0 Å². The van der Waals surface area contributed by atoms with Crippen LogP contribution in [0.15, 0.2) is 41.7 Å². The molecule has 136 valence electrons. The number of aromatic nitrogens is 3. The van der Waals surface area contributed by atoms with Gasteiger partial charge in [-0.2, -0.15) is 0 Å². The minimum atomic E-state index is 0.568. The second kappa shape index (κ2) is 6.43. The molecule has 3 aliphatic rings. The van der Waals surface area contributed by atoms with Crippen molar-refractivity contribution in [2.24, 2.45) is 5.41 Å². The molecular weight excluding hydrogens is 342 g/mol. The number of allylic oxidation sites excluding steroid dienone is 3. The molecule has 0 unspecified atom stereocenters. The van der Waals surface area contributed by atoms with Crippen molar-refractivity contribution in [3.05, 3.63) is 41.7 Å². The van der Waals surface area contributed by atoms with Crippen molar-refractivity contribution in [2.45, 2.75) is 50.6 Å². The molecule has 2 aromatic rings. The maximum Gasteiger partial charge on any atom is 0.142 e. The number of rotatable bonds is 5. The van der Waals surface area contributed by atoms with Crippen molar-refractivity contribution in [2.75, 3.05) is 11.9 Å². The predicted octanol–water partition coefficient (Wildman–Crippen LogP) is 4.18. The fraction of sp³-hybridized carbons (Fsp3) is 0.500. The van der Waals surface area contributed by atoms with Crippen LogP contribution in [0.4, 0.5) is 5.82 Å². The summed E-state index contributed by atoms with van der Waals surface area (Å²) in [5.41, 5.74) is 1.49. The average molecular weight is 368 g/mol. The molecule has 2 aromatic heterocycles. The molecule has 1 spiro atoms. The van der Waals surface area contributed by atoms with Crippen LogP contribution in [0, 0.1) is 5.41 Å². The molecule has 2 heterocycles.